The zero-order chi connectivity index (χ0) is 15.9. The highest BCUT2D eigenvalue weighted by molar-refractivity contribution is 7.80. The fourth-order valence-electron chi connectivity index (χ4n) is 2.26. The summed E-state index contributed by atoms with van der Waals surface area (Å²) in [5, 5.41) is 11.3. The predicted octanol–water partition coefficient (Wildman–Crippen LogP) is 3.35. The van der Waals surface area contributed by atoms with Crippen molar-refractivity contribution in [2.24, 2.45) is 0 Å². The van der Waals surface area contributed by atoms with E-state index >= 15 is 0 Å². The number of para-hydroxylation sites is 2. The lowest BCUT2D eigenvalue weighted by Crippen LogP contribution is -2.32. The highest BCUT2D eigenvalue weighted by Gasteiger charge is 2.12. The van der Waals surface area contributed by atoms with E-state index in [1.165, 1.54) is 0 Å². The molecule has 0 radical (unpaired) electrons. The lowest BCUT2D eigenvalue weighted by molar-refractivity contribution is 0.342. The van der Waals surface area contributed by atoms with Gasteiger partial charge in [0.15, 0.2) is 5.11 Å². The first-order valence-corrected chi connectivity index (χ1v) is 7.87. The second kappa shape index (κ2) is 7.79. The van der Waals surface area contributed by atoms with Crippen molar-refractivity contribution in [3.8, 4) is 5.75 Å². The number of anilines is 1. The van der Waals surface area contributed by atoms with Crippen LogP contribution in [0.2, 0.25) is 0 Å². The van der Waals surface area contributed by atoms with Gasteiger partial charge in [0, 0.05) is 12.7 Å². The summed E-state index contributed by atoms with van der Waals surface area (Å²) in [6.45, 7) is 7.54. The zero-order valence-corrected chi connectivity index (χ0v) is 14.0. The van der Waals surface area contributed by atoms with Gasteiger partial charge in [-0.3, -0.25) is 4.68 Å². The van der Waals surface area contributed by atoms with Crippen LogP contribution >= 0.6 is 12.2 Å². The quantitative estimate of drug-likeness (QED) is 0.800. The van der Waals surface area contributed by atoms with Gasteiger partial charge >= 0.3 is 0 Å². The summed E-state index contributed by atoms with van der Waals surface area (Å²) in [5.41, 5.74) is 1.96. The minimum absolute atomic E-state index is 0.0710. The number of hydrogen-bond donors (Lipinski definition) is 2. The SMILES string of the molecule is CCOc1ccccc1NC(=S)NC(C)c1ccnn1CC. The van der Waals surface area contributed by atoms with Crippen LogP contribution in [0.1, 0.15) is 32.5 Å². The van der Waals surface area contributed by atoms with Gasteiger partial charge in [0.05, 0.1) is 24.0 Å². The van der Waals surface area contributed by atoms with Crippen LogP contribution in [0.25, 0.3) is 0 Å². The lowest BCUT2D eigenvalue weighted by atomic mass is 10.2. The van der Waals surface area contributed by atoms with Gasteiger partial charge in [-0.1, -0.05) is 12.1 Å². The van der Waals surface area contributed by atoms with E-state index in [-0.39, 0.29) is 6.04 Å². The van der Waals surface area contributed by atoms with Crippen molar-refractivity contribution < 1.29 is 4.74 Å². The van der Waals surface area contributed by atoms with Gasteiger partial charge < -0.3 is 15.4 Å². The Labute approximate surface area is 136 Å². The third-order valence-electron chi connectivity index (χ3n) is 3.28. The van der Waals surface area contributed by atoms with E-state index in [1.807, 2.05) is 41.9 Å². The molecule has 0 aliphatic heterocycles. The molecule has 1 aromatic carbocycles. The van der Waals surface area contributed by atoms with Crippen LogP contribution in [0.15, 0.2) is 36.5 Å². The molecule has 5 nitrogen and oxygen atoms in total. The van der Waals surface area contributed by atoms with E-state index in [1.54, 1.807) is 6.20 Å². The zero-order valence-electron chi connectivity index (χ0n) is 13.2. The molecule has 2 rings (SSSR count). The van der Waals surface area contributed by atoms with Crippen LogP contribution in [0.5, 0.6) is 5.75 Å². The third-order valence-corrected chi connectivity index (χ3v) is 3.50. The summed E-state index contributed by atoms with van der Waals surface area (Å²) in [4.78, 5) is 0. The molecule has 1 aromatic heterocycles. The summed E-state index contributed by atoms with van der Waals surface area (Å²) >= 11 is 5.40. The molecule has 1 atom stereocenters. The maximum Gasteiger partial charge on any atom is 0.171 e. The van der Waals surface area contributed by atoms with E-state index in [9.17, 15) is 0 Å². The molecule has 6 heteroatoms. The molecular formula is C16H22N4OS. The fraction of sp³-hybridized carbons (Fsp3) is 0.375. The van der Waals surface area contributed by atoms with Crippen LogP contribution in [0, 0.1) is 0 Å². The molecule has 0 bridgehead atoms. The molecule has 1 unspecified atom stereocenters. The average molecular weight is 318 g/mol. The molecule has 0 fully saturated rings. The van der Waals surface area contributed by atoms with Crippen LogP contribution in [0.4, 0.5) is 5.69 Å². The summed E-state index contributed by atoms with van der Waals surface area (Å²) in [6.07, 6.45) is 1.80. The monoisotopic (exact) mass is 318 g/mol. The number of hydrogen-bond acceptors (Lipinski definition) is 3. The Hall–Kier alpha value is -2.08. The predicted molar refractivity (Wildman–Crippen MR) is 93.3 cm³/mol. The maximum atomic E-state index is 5.59. The van der Waals surface area contributed by atoms with Gasteiger partial charge in [0.1, 0.15) is 5.75 Å². The van der Waals surface area contributed by atoms with E-state index in [4.69, 9.17) is 17.0 Å². The number of aryl methyl sites for hydroxylation is 1. The molecule has 0 saturated carbocycles. The summed E-state index contributed by atoms with van der Waals surface area (Å²) in [5.74, 6) is 0.792. The Balaban J connectivity index is 2.01. The van der Waals surface area contributed by atoms with Crippen molar-refractivity contribution in [3.05, 3.63) is 42.2 Å². The molecule has 1 heterocycles. The molecule has 0 aliphatic rings. The third kappa shape index (κ3) is 3.98. The first-order valence-electron chi connectivity index (χ1n) is 7.46. The average Bonchev–Trinajstić information content (AvgIpc) is 2.98. The minimum atomic E-state index is 0.0710. The number of nitrogens with one attached hydrogen (secondary N) is 2. The largest absolute Gasteiger partial charge is 0.492 e. The second-order valence-electron chi connectivity index (χ2n) is 4.82. The van der Waals surface area contributed by atoms with Crippen molar-refractivity contribution in [3.63, 3.8) is 0 Å². The number of rotatable bonds is 6. The summed E-state index contributed by atoms with van der Waals surface area (Å²) in [6, 6.07) is 9.82. The normalized spacial score (nSPS) is 11.8. The molecule has 2 aromatic rings. The second-order valence-corrected chi connectivity index (χ2v) is 5.23. The Morgan fingerprint density at radius 1 is 1.32 bits per heavy atom. The fourth-order valence-corrected chi connectivity index (χ4v) is 2.54. The molecule has 0 aliphatic carbocycles. The highest BCUT2D eigenvalue weighted by atomic mass is 32.1. The highest BCUT2D eigenvalue weighted by Crippen LogP contribution is 2.23. The number of benzene rings is 1. The van der Waals surface area contributed by atoms with Crippen LogP contribution in [0.3, 0.4) is 0 Å². The van der Waals surface area contributed by atoms with E-state index in [2.05, 4.69) is 29.6 Å². The van der Waals surface area contributed by atoms with E-state index in [0.29, 0.717) is 11.7 Å². The Kier molecular flexibility index (Phi) is 5.77. The van der Waals surface area contributed by atoms with Crippen molar-refractivity contribution >= 4 is 23.0 Å². The Bertz CT molecular complexity index is 626. The van der Waals surface area contributed by atoms with Crippen molar-refractivity contribution in [2.75, 3.05) is 11.9 Å². The first-order chi connectivity index (χ1) is 10.7. The van der Waals surface area contributed by atoms with Crippen LogP contribution < -0.4 is 15.4 Å². The van der Waals surface area contributed by atoms with Crippen LogP contribution in [-0.4, -0.2) is 21.5 Å². The molecule has 0 spiro atoms. The number of ether oxygens (including phenoxy) is 1. The Morgan fingerprint density at radius 2 is 2.09 bits per heavy atom. The molecule has 0 amide bonds. The summed E-state index contributed by atoms with van der Waals surface area (Å²) in [7, 11) is 0. The molecule has 0 saturated heterocycles. The minimum Gasteiger partial charge on any atom is -0.492 e. The van der Waals surface area contributed by atoms with Crippen LogP contribution in [-0.2, 0) is 6.54 Å². The van der Waals surface area contributed by atoms with Gasteiger partial charge in [-0.25, -0.2) is 0 Å². The molecule has 2 N–H and O–H groups in total. The standard InChI is InChI=1S/C16H22N4OS/c1-4-20-14(10-11-17-20)12(3)18-16(22)19-13-8-6-7-9-15(13)21-5-2/h6-12H,4-5H2,1-3H3,(H2,18,19,22). The van der Waals surface area contributed by atoms with Gasteiger partial charge in [-0.05, 0) is 51.2 Å². The lowest BCUT2D eigenvalue weighted by Gasteiger charge is -2.19. The van der Waals surface area contributed by atoms with E-state index < -0.39 is 0 Å². The molecule has 118 valence electrons. The topological polar surface area (TPSA) is 51.1 Å². The first kappa shape index (κ1) is 16.3. The molecule has 22 heavy (non-hydrogen) atoms. The smallest absolute Gasteiger partial charge is 0.171 e. The van der Waals surface area contributed by atoms with E-state index in [0.717, 1.165) is 23.7 Å². The van der Waals surface area contributed by atoms with Gasteiger partial charge in [0.2, 0.25) is 0 Å². The molecular weight excluding hydrogens is 296 g/mol. The van der Waals surface area contributed by atoms with Gasteiger partial charge in [-0.15, -0.1) is 0 Å². The van der Waals surface area contributed by atoms with Crippen molar-refractivity contribution in [1.29, 1.82) is 0 Å². The van der Waals surface area contributed by atoms with Gasteiger partial charge in [-0.2, -0.15) is 5.10 Å². The van der Waals surface area contributed by atoms with Gasteiger partial charge in [0.25, 0.3) is 0 Å². The van der Waals surface area contributed by atoms with Crippen molar-refractivity contribution in [1.82, 2.24) is 15.1 Å². The maximum absolute atomic E-state index is 5.59. The number of aromatic nitrogens is 2. The number of thiocarbonyl (C=S) groups is 1. The van der Waals surface area contributed by atoms with Crippen molar-refractivity contribution in [2.45, 2.75) is 33.4 Å². The number of nitrogens with zero attached hydrogens (tertiary/aromatic N) is 2. The Morgan fingerprint density at radius 3 is 2.82 bits per heavy atom. The summed E-state index contributed by atoms with van der Waals surface area (Å²) < 4.78 is 7.54.